The molecule has 1 fully saturated rings. The van der Waals surface area contributed by atoms with Crippen LogP contribution in [-0.4, -0.2) is 46.0 Å². The van der Waals surface area contributed by atoms with E-state index in [4.69, 9.17) is 5.26 Å². The van der Waals surface area contributed by atoms with Gasteiger partial charge in [0, 0.05) is 5.92 Å². The van der Waals surface area contributed by atoms with E-state index < -0.39 is 30.8 Å². The van der Waals surface area contributed by atoms with Crippen molar-refractivity contribution >= 4 is 25.6 Å². The van der Waals surface area contributed by atoms with Crippen molar-refractivity contribution < 1.29 is 21.6 Å². The first-order chi connectivity index (χ1) is 15.7. The summed E-state index contributed by atoms with van der Waals surface area (Å²) in [6, 6.07) is 10.8. The molecule has 0 radical (unpaired) electrons. The lowest BCUT2D eigenvalue weighted by atomic mass is 9.80. The fraction of sp³-hybridized carbons (Fsp3) is 0.500. The molecule has 0 spiro atoms. The molecular weight excluding hydrogens is 460 g/mol. The number of rotatable bonds is 9. The monoisotopic (exact) mass is 490 g/mol. The lowest BCUT2D eigenvalue weighted by Gasteiger charge is -2.31. The number of benzene rings is 1. The Labute approximate surface area is 196 Å². The molecule has 1 saturated carbocycles. The Hall–Kier alpha value is -2.44. The molecule has 0 aliphatic heterocycles. The zero-order chi connectivity index (χ0) is 23.9. The number of sulfone groups is 2. The summed E-state index contributed by atoms with van der Waals surface area (Å²) in [5, 5.41) is 10.5. The summed E-state index contributed by atoms with van der Waals surface area (Å²) in [7, 11) is -6.88. The Kier molecular flexibility index (Phi) is 8.49. The van der Waals surface area contributed by atoms with Gasteiger partial charge in [0.15, 0.2) is 19.7 Å². The molecule has 1 aromatic rings. The third kappa shape index (κ3) is 7.27. The van der Waals surface area contributed by atoms with Gasteiger partial charge in [0.2, 0.25) is 5.91 Å². The number of allylic oxidation sites excluding steroid dienone is 2. The Morgan fingerprint density at radius 1 is 1.06 bits per heavy atom. The smallest absolute Gasteiger partial charge is 0.224 e. The molecule has 2 aliphatic rings. The summed E-state index contributed by atoms with van der Waals surface area (Å²) in [5.41, 5.74) is 1.32. The highest BCUT2D eigenvalue weighted by atomic mass is 32.2. The summed E-state index contributed by atoms with van der Waals surface area (Å²) >= 11 is 0. The minimum atomic E-state index is -3.51. The summed E-state index contributed by atoms with van der Waals surface area (Å²) < 4.78 is 51.2. The summed E-state index contributed by atoms with van der Waals surface area (Å²) in [4.78, 5) is 12.4. The van der Waals surface area contributed by atoms with Crippen molar-refractivity contribution in [3.05, 3.63) is 59.7 Å². The summed E-state index contributed by atoms with van der Waals surface area (Å²) in [6.07, 6.45) is 8.15. The summed E-state index contributed by atoms with van der Waals surface area (Å²) in [6.45, 7) is -0.0824. The van der Waals surface area contributed by atoms with Crippen LogP contribution in [0.25, 0.3) is 0 Å². The van der Waals surface area contributed by atoms with Crippen molar-refractivity contribution in [1.29, 1.82) is 5.26 Å². The average Bonchev–Trinajstić information content (AvgIpc) is 2.78. The molecule has 0 heterocycles. The third-order valence-electron chi connectivity index (χ3n) is 6.25. The van der Waals surface area contributed by atoms with Gasteiger partial charge in [-0.05, 0) is 36.3 Å². The van der Waals surface area contributed by atoms with Crippen LogP contribution in [0.15, 0.2) is 54.1 Å². The second-order valence-corrected chi connectivity index (χ2v) is 13.1. The Bertz CT molecular complexity index is 1150. The topological polar surface area (TPSA) is 121 Å². The van der Waals surface area contributed by atoms with E-state index in [1.165, 1.54) is 0 Å². The maximum atomic E-state index is 13.1. The largest absolute Gasteiger partial charge is 0.343 e. The van der Waals surface area contributed by atoms with Gasteiger partial charge in [-0.15, -0.1) is 0 Å². The van der Waals surface area contributed by atoms with E-state index in [-0.39, 0.29) is 42.0 Å². The van der Waals surface area contributed by atoms with E-state index in [1.54, 1.807) is 42.5 Å². The number of hydrogen-bond acceptors (Lipinski definition) is 6. The number of amides is 1. The Morgan fingerprint density at radius 3 is 2.45 bits per heavy atom. The highest BCUT2D eigenvalue weighted by molar-refractivity contribution is 7.92. The molecule has 1 N–H and O–H groups in total. The number of carbonyl (C=O) groups is 1. The first kappa shape index (κ1) is 25.2. The molecule has 3 atom stereocenters. The van der Waals surface area contributed by atoms with Gasteiger partial charge < -0.3 is 5.32 Å². The van der Waals surface area contributed by atoms with E-state index in [1.807, 2.05) is 12.1 Å². The van der Waals surface area contributed by atoms with Gasteiger partial charge in [-0.2, -0.15) is 5.26 Å². The average molecular weight is 491 g/mol. The van der Waals surface area contributed by atoms with Gasteiger partial charge >= 0.3 is 0 Å². The Morgan fingerprint density at radius 2 is 1.79 bits per heavy atom. The van der Waals surface area contributed by atoms with Crippen molar-refractivity contribution in [1.82, 2.24) is 5.32 Å². The predicted octanol–water partition coefficient (Wildman–Crippen LogP) is 2.72. The molecular formula is C24H30N2O5S2. The van der Waals surface area contributed by atoms with Gasteiger partial charge in [-0.1, -0.05) is 61.4 Å². The highest BCUT2D eigenvalue weighted by Gasteiger charge is 2.36. The van der Waals surface area contributed by atoms with E-state index in [9.17, 15) is 21.6 Å². The normalized spacial score (nSPS) is 23.4. The lowest BCUT2D eigenvalue weighted by Crippen LogP contribution is -2.40. The van der Waals surface area contributed by atoms with Crippen LogP contribution in [0.1, 0.15) is 37.7 Å². The fourth-order valence-electron chi connectivity index (χ4n) is 4.58. The van der Waals surface area contributed by atoms with Gasteiger partial charge in [-0.25, -0.2) is 16.8 Å². The SMILES string of the molecule is N#CCNC(=O)C1CCCCC1CS(=O)(=O)C1C=CC(CS(=O)(=O)Cc2ccccc2)=CC1. The molecule has 1 aromatic carbocycles. The van der Waals surface area contributed by atoms with Crippen molar-refractivity contribution in [2.75, 3.05) is 18.1 Å². The van der Waals surface area contributed by atoms with E-state index in [2.05, 4.69) is 5.32 Å². The van der Waals surface area contributed by atoms with Crippen molar-refractivity contribution in [3.8, 4) is 6.07 Å². The number of nitriles is 1. The number of nitrogens with one attached hydrogen (secondary N) is 1. The molecule has 0 bridgehead atoms. The van der Waals surface area contributed by atoms with Crippen LogP contribution in [0.5, 0.6) is 0 Å². The van der Waals surface area contributed by atoms with Crippen molar-refractivity contribution in [2.24, 2.45) is 11.8 Å². The molecule has 9 heteroatoms. The fourth-order valence-corrected chi connectivity index (χ4v) is 8.06. The minimum absolute atomic E-state index is 0.0579. The van der Waals surface area contributed by atoms with Gasteiger partial charge in [0.05, 0.1) is 28.6 Å². The minimum Gasteiger partial charge on any atom is -0.343 e. The van der Waals surface area contributed by atoms with Crippen LogP contribution < -0.4 is 5.32 Å². The van der Waals surface area contributed by atoms with Crippen LogP contribution in [0.3, 0.4) is 0 Å². The predicted molar refractivity (Wildman–Crippen MR) is 127 cm³/mol. The van der Waals surface area contributed by atoms with Crippen LogP contribution in [-0.2, 0) is 30.2 Å². The van der Waals surface area contributed by atoms with Gasteiger partial charge in [-0.3, -0.25) is 4.79 Å². The first-order valence-electron chi connectivity index (χ1n) is 11.2. The second-order valence-electron chi connectivity index (χ2n) is 8.79. The maximum Gasteiger partial charge on any atom is 0.224 e. The first-order valence-corrected chi connectivity index (χ1v) is 14.7. The molecule has 0 saturated heterocycles. The van der Waals surface area contributed by atoms with Gasteiger partial charge in [0.25, 0.3) is 0 Å². The van der Waals surface area contributed by atoms with E-state index in [0.29, 0.717) is 18.4 Å². The zero-order valence-electron chi connectivity index (χ0n) is 18.5. The summed E-state index contributed by atoms with van der Waals surface area (Å²) in [5.74, 6) is -1.19. The second kappa shape index (κ2) is 11.1. The molecule has 33 heavy (non-hydrogen) atoms. The zero-order valence-corrected chi connectivity index (χ0v) is 20.2. The lowest BCUT2D eigenvalue weighted by molar-refractivity contribution is -0.127. The van der Waals surface area contributed by atoms with Crippen LogP contribution >= 0.6 is 0 Å². The van der Waals surface area contributed by atoms with Gasteiger partial charge in [0.1, 0.15) is 6.54 Å². The van der Waals surface area contributed by atoms with Crippen LogP contribution in [0.2, 0.25) is 0 Å². The maximum absolute atomic E-state index is 13.1. The molecule has 1 amide bonds. The Balaban J connectivity index is 1.60. The van der Waals surface area contributed by atoms with Crippen LogP contribution in [0, 0.1) is 23.2 Å². The molecule has 7 nitrogen and oxygen atoms in total. The van der Waals surface area contributed by atoms with Crippen LogP contribution in [0.4, 0.5) is 0 Å². The third-order valence-corrected chi connectivity index (χ3v) is 9.96. The van der Waals surface area contributed by atoms with E-state index >= 15 is 0 Å². The molecule has 3 unspecified atom stereocenters. The number of hydrogen-bond donors (Lipinski definition) is 1. The molecule has 2 aliphatic carbocycles. The highest BCUT2D eigenvalue weighted by Crippen LogP contribution is 2.33. The molecule has 178 valence electrons. The van der Waals surface area contributed by atoms with E-state index in [0.717, 1.165) is 18.4 Å². The van der Waals surface area contributed by atoms with Crippen molar-refractivity contribution in [2.45, 2.75) is 43.1 Å². The number of carbonyl (C=O) groups excluding carboxylic acids is 1. The quantitative estimate of drug-likeness (QED) is 0.531. The molecule has 3 rings (SSSR count). The standard InChI is InChI=1S/C24H30N2O5S2/c25-14-15-26-24(27)23-9-5-4-8-21(23)18-33(30,31)22-12-10-20(11-13-22)17-32(28,29)16-19-6-2-1-3-7-19/h1-3,6-7,10-12,21-23H,4-5,8-9,13,15-18H2,(H,26,27). The van der Waals surface area contributed by atoms with Crippen molar-refractivity contribution in [3.63, 3.8) is 0 Å². The molecule has 0 aromatic heterocycles. The number of nitrogens with zero attached hydrogens (tertiary/aromatic N) is 1.